The van der Waals surface area contributed by atoms with Crippen LogP contribution in [-0.2, 0) is 11.2 Å². The summed E-state index contributed by atoms with van der Waals surface area (Å²) in [6, 6.07) is 3.95. The Labute approximate surface area is 91.9 Å². The van der Waals surface area contributed by atoms with Crippen LogP contribution in [0.25, 0.3) is 0 Å². The number of carbonyl (C=O) groups is 1. The largest absolute Gasteiger partial charge is 0.299 e. The molecule has 1 aliphatic rings. The predicted octanol–water partition coefficient (Wildman–Crippen LogP) is 2.76. The summed E-state index contributed by atoms with van der Waals surface area (Å²) in [7, 11) is 0. The van der Waals surface area contributed by atoms with Crippen LogP contribution in [0.3, 0.4) is 0 Å². The zero-order valence-corrected chi connectivity index (χ0v) is 9.46. The molecule has 1 aliphatic carbocycles. The van der Waals surface area contributed by atoms with Crippen molar-refractivity contribution in [3.05, 3.63) is 28.5 Å². The topological polar surface area (TPSA) is 30.0 Å². The van der Waals surface area contributed by atoms with Gasteiger partial charge in [-0.15, -0.1) is 0 Å². The normalized spacial score (nSPS) is 21.5. The summed E-state index contributed by atoms with van der Waals surface area (Å²) in [5, 5.41) is 0. The number of rotatable bonds is 2. The molecule has 1 aromatic rings. The Morgan fingerprint density at radius 3 is 3.07 bits per heavy atom. The standard InChI is InChI=1S/C11H12BrNO/c12-11-9(4-2-6-13-11)7-8-3-1-5-10(8)14/h2,4,6,8H,1,3,5,7H2. The van der Waals surface area contributed by atoms with E-state index in [0.717, 1.165) is 35.8 Å². The molecule has 1 fully saturated rings. The van der Waals surface area contributed by atoms with Crippen LogP contribution in [0.15, 0.2) is 22.9 Å². The number of carbonyl (C=O) groups excluding carboxylic acids is 1. The van der Waals surface area contributed by atoms with Gasteiger partial charge in [-0.3, -0.25) is 4.79 Å². The maximum Gasteiger partial charge on any atom is 0.136 e. The number of ketones is 1. The van der Waals surface area contributed by atoms with E-state index in [1.165, 1.54) is 0 Å². The number of nitrogens with zero attached hydrogens (tertiary/aromatic N) is 1. The first-order chi connectivity index (χ1) is 6.77. The molecule has 0 radical (unpaired) electrons. The van der Waals surface area contributed by atoms with Crippen LogP contribution in [0.5, 0.6) is 0 Å². The van der Waals surface area contributed by atoms with E-state index < -0.39 is 0 Å². The van der Waals surface area contributed by atoms with Crippen molar-refractivity contribution in [1.82, 2.24) is 4.98 Å². The first kappa shape index (κ1) is 9.84. The van der Waals surface area contributed by atoms with Gasteiger partial charge in [0.1, 0.15) is 10.4 Å². The summed E-state index contributed by atoms with van der Waals surface area (Å²) in [6.45, 7) is 0. The van der Waals surface area contributed by atoms with Crippen molar-refractivity contribution in [3.8, 4) is 0 Å². The summed E-state index contributed by atoms with van der Waals surface area (Å²) < 4.78 is 0.875. The summed E-state index contributed by atoms with van der Waals surface area (Å²) in [5.41, 5.74) is 1.15. The highest BCUT2D eigenvalue weighted by Crippen LogP contribution is 2.26. The second kappa shape index (κ2) is 4.22. The van der Waals surface area contributed by atoms with Gasteiger partial charge in [-0.25, -0.2) is 4.98 Å². The lowest BCUT2D eigenvalue weighted by Crippen LogP contribution is -2.10. The van der Waals surface area contributed by atoms with E-state index in [9.17, 15) is 4.79 Å². The van der Waals surface area contributed by atoms with Gasteiger partial charge in [-0.1, -0.05) is 6.07 Å². The molecule has 1 heterocycles. The maximum absolute atomic E-state index is 11.5. The minimum absolute atomic E-state index is 0.232. The van der Waals surface area contributed by atoms with Gasteiger partial charge in [0.25, 0.3) is 0 Å². The molecule has 0 bridgehead atoms. The number of hydrogen-bond acceptors (Lipinski definition) is 2. The summed E-state index contributed by atoms with van der Waals surface area (Å²) in [5.74, 6) is 0.649. The predicted molar refractivity (Wildman–Crippen MR) is 58.0 cm³/mol. The highest BCUT2D eigenvalue weighted by molar-refractivity contribution is 9.10. The quantitative estimate of drug-likeness (QED) is 0.759. The zero-order valence-electron chi connectivity index (χ0n) is 7.87. The first-order valence-electron chi connectivity index (χ1n) is 4.89. The molecule has 1 saturated carbocycles. The molecular formula is C11H12BrNO. The molecule has 0 amide bonds. The molecular weight excluding hydrogens is 242 g/mol. The molecule has 74 valence electrons. The number of hydrogen-bond donors (Lipinski definition) is 0. The molecule has 1 aromatic heterocycles. The molecule has 0 aliphatic heterocycles. The Morgan fingerprint density at radius 1 is 1.57 bits per heavy atom. The van der Waals surface area contributed by atoms with Gasteiger partial charge in [-0.05, 0) is 46.8 Å². The highest BCUT2D eigenvalue weighted by atomic mass is 79.9. The van der Waals surface area contributed by atoms with Crippen molar-refractivity contribution in [2.45, 2.75) is 25.7 Å². The Hall–Kier alpha value is -0.700. The molecule has 0 spiro atoms. The summed E-state index contributed by atoms with van der Waals surface area (Å²) in [4.78, 5) is 15.6. The molecule has 0 aromatic carbocycles. The summed E-state index contributed by atoms with van der Waals surface area (Å²) in [6.07, 6.45) is 5.46. The van der Waals surface area contributed by atoms with Gasteiger partial charge in [0, 0.05) is 18.5 Å². The number of aromatic nitrogens is 1. The fourth-order valence-corrected chi connectivity index (χ4v) is 2.35. The molecule has 3 heteroatoms. The fraction of sp³-hybridized carbons (Fsp3) is 0.455. The van der Waals surface area contributed by atoms with Crippen LogP contribution in [0.1, 0.15) is 24.8 Å². The Morgan fingerprint density at radius 2 is 2.43 bits per heavy atom. The Bertz CT molecular complexity index is 351. The second-order valence-corrected chi connectivity index (χ2v) is 4.46. The SMILES string of the molecule is O=C1CCCC1Cc1cccnc1Br. The minimum Gasteiger partial charge on any atom is -0.299 e. The lowest BCUT2D eigenvalue weighted by molar-refractivity contribution is -0.120. The van der Waals surface area contributed by atoms with E-state index in [-0.39, 0.29) is 5.92 Å². The van der Waals surface area contributed by atoms with E-state index in [1.54, 1.807) is 6.20 Å². The van der Waals surface area contributed by atoms with Crippen LogP contribution >= 0.6 is 15.9 Å². The molecule has 14 heavy (non-hydrogen) atoms. The zero-order chi connectivity index (χ0) is 9.97. The van der Waals surface area contributed by atoms with E-state index in [4.69, 9.17) is 0 Å². The van der Waals surface area contributed by atoms with Crippen molar-refractivity contribution >= 4 is 21.7 Å². The van der Waals surface area contributed by atoms with E-state index in [2.05, 4.69) is 20.9 Å². The van der Waals surface area contributed by atoms with E-state index >= 15 is 0 Å². The Balaban J connectivity index is 2.10. The second-order valence-electron chi connectivity index (χ2n) is 3.71. The third-order valence-corrected chi connectivity index (χ3v) is 3.45. The third kappa shape index (κ3) is 2.03. The Kier molecular flexibility index (Phi) is 2.96. The highest BCUT2D eigenvalue weighted by Gasteiger charge is 2.24. The van der Waals surface area contributed by atoms with Crippen LogP contribution in [-0.4, -0.2) is 10.8 Å². The maximum atomic E-state index is 11.5. The molecule has 2 nitrogen and oxygen atoms in total. The van der Waals surface area contributed by atoms with Gasteiger partial charge in [0.2, 0.25) is 0 Å². The van der Waals surface area contributed by atoms with E-state index in [0.29, 0.717) is 5.78 Å². The van der Waals surface area contributed by atoms with Gasteiger partial charge >= 0.3 is 0 Å². The smallest absolute Gasteiger partial charge is 0.136 e. The lowest BCUT2D eigenvalue weighted by atomic mass is 9.98. The molecule has 0 saturated heterocycles. The summed E-state index contributed by atoms with van der Waals surface area (Å²) >= 11 is 3.40. The van der Waals surface area contributed by atoms with Gasteiger partial charge < -0.3 is 0 Å². The van der Waals surface area contributed by atoms with E-state index in [1.807, 2.05) is 12.1 Å². The van der Waals surface area contributed by atoms with Crippen molar-refractivity contribution in [3.63, 3.8) is 0 Å². The molecule has 1 atom stereocenters. The number of halogens is 1. The van der Waals surface area contributed by atoms with Crippen molar-refractivity contribution in [1.29, 1.82) is 0 Å². The average molecular weight is 254 g/mol. The van der Waals surface area contributed by atoms with Crippen molar-refractivity contribution < 1.29 is 4.79 Å². The van der Waals surface area contributed by atoms with Gasteiger partial charge in [0.15, 0.2) is 0 Å². The third-order valence-electron chi connectivity index (χ3n) is 2.73. The molecule has 2 rings (SSSR count). The van der Waals surface area contributed by atoms with Crippen LogP contribution < -0.4 is 0 Å². The minimum atomic E-state index is 0.232. The fourth-order valence-electron chi connectivity index (χ4n) is 1.94. The van der Waals surface area contributed by atoms with Crippen molar-refractivity contribution in [2.24, 2.45) is 5.92 Å². The van der Waals surface area contributed by atoms with Gasteiger partial charge in [-0.2, -0.15) is 0 Å². The van der Waals surface area contributed by atoms with Gasteiger partial charge in [0.05, 0.1) is 0 Å². The number of pyridine rings is 1. The average Bonchev–Trinajstić information content (AvgIpc) is 2.56. The van der Waals surface area contributed by atoms with Crippen LogP contribution in [0.4, 0.5) is 0 Å². The lowest BCUT2D eigenvalue weighted by Gasteiger charge is -2.08. The van der Waals surface area contributed by atoms with Crippen LogP contribution in [0.2, 0.25) is 0 Å². The van der Waals surface area contributed by atoms with Crippen LogP contribution in [0, 0.1) is 5.92 Å². The number of Topliss-reactive ketones (excluding diaryl/α,β-unsaturated/α-hetero) is 1. The monoisotopic (exact) mass is 253 g/mol. The molecule has 1 unspecified atom stereocenters. The first-order valence-corrected chi connectivity index (χ1v) is 5.69. The molecule has 0 N–H and O–H groups in total. The van der Waals surface area contributed by atoms with Crippen molar-refractivity contribution in [2.75, 3.05) is 0 Å².